The van der Waals surface area contributed by atoms with Gasteiger partial charge in [0, 0.05) is 18.3 Å². The second kappa shape index (κ2) is 9.90. The highest BCUT2D eigenvalue weighted by atomic mass is 35.5. The Kier molecular flexibility index (Phi) is 6.79. The lowest BCUT2D eigenvalue weighted by Crippen LogP contribution is -2.23. The molecule has 0 bridgehead atoms. The van der Waals surface area contributed by atoms with Crippen LogP contribution in [-0.4, -0.2) is 24.0 Å². The van der Waals surface area contributed by atoms with Gasteiger partial charge in [-0.25, -0.2) is 4.39 Å². The minimum absolute atomic E-state index is 0.0429. The number of pyridine rings is 1. The summed E-state index contributed by atoms with van der Waals surface area (Å²) in [4.78, 5) is 16.3. The molecule has 2 heterocycles. The zero-order chi connectivity index (χ0) is 21.6. The van der Waals surface area contributed by atoms with Gasteiger partial charge >= 0.3 is 0 Å². The first kappa shape index (κ1) is 21.3. The van der Waals surface area contributed by atoms with Crippen molar-refractivity contribution in [2.45, 2.75) is 25.9 Å². The van der Waals surface area contributed by atoms with E-state index in [1.165, 1.54) is 29.5 Å². The zero-order valence-electron chi connectivity index (χ0n) is 17.1. The lowest BCUT2D eigenvalue weighted by molar-refractivity contribution is 0.0950. The van der Waals surface area contributed by atoms with Crippen LogP contribution in [0.25, 0.3) is 0 Å². The Morgan fingerprint density at radius 2 is 1.87 bits per heavy atom. The fraction of sp³-hybridized carbons (Fsp3) is 0.250. The Hall–Kier alpha value is -2.96. The molecule has 1 aliphatic heterocycles. The number of carbonyl (C=O) groups excluding carboxylic acids is 1. The van der Waals surface area contributed by atoms with Crippen molar-refractivity contribution in [3.05, 3.63) is 93.5 Å². The summed E-state index contributed by atoms with van der Waals surface area (Å²) < 4.78 is 13.6. The van der Waals surface area contributed by atoms with Crippen LogP contribution in [-0.2, 0) is 25.9 Å². The lowest BCUT2D eigenvalue weighted by atomic mass is 10.0. The van der Waals surface area contributed by atoms with Crippen LogP contribution in [0.2, 0.25) is 5.02 Å². The largest absolute Gasteiger partial charge is 0.380 e. The molecule has 0 radical (unpaired) electrons. The van der Waals surface area contributed by atoms with Gasteiger partial charge in [0.2, 0.25) is 0 Å². The maximum atomic E-state index is 13.6. The molecule has 0 saturated carbocycles. The first-order valence-electron chi connectivity index (χ1n) is 10.3. The fourth-order valence-electron chi connectivity index (χ4n) is 3.71. The number of amides is 1. The molecular formula is C24H24ClFN4O. The Morgan fingerprint density at radius 3 is 2.68 bits per heavy atom. The van der Waals surface area contributed by atoms with Crippen LogP contribution in [0.5, 0.6) is 0 Å². The summed E-state index contributed by atoms with van der Waals surface area (Å²) in [5.74, 6) is -0.703. The van der Waals surface area contributed by atoms with Crippen LogP contribution in [0.15, 0.2) is 54.7 Å². The number of rotatable bonds is 6. The molecule has 0 fully saturated rings. The van der Waals surface area contributed by atoms with Gasteiger partial charge in [-0.2, -0.15) is 0 Å². The maximum Gasteiger partial charge on any atom is 0.251 e. The lowest BCUT2D eigenvalue weighted by Gasteiger charge is -2.16. The summed E-state index contributed by atoms with van der Waals surface area (Å²) in [6.07, 6.45) is 3.43. The minimum atomic E-state index is -0.433. The molecule has 4 rings (SSSR count). The third-order valence-electron chi connectivity index (χ3n) is 5.42. The summed E-state index contributed by atoms with van der Waals surface area (Å²) in [7, 11) is 0. The standard InChI is InChI=1S/C24H24ClFN4O/c25-20-8-7-17-9-12-27-13-10-19(17)23(20)29-14-16-3-5-18(6-4-16)24(31)30-15-22-21(26)2-1-11-28-22/h1-8,11,27,29H,9-10,12-15H2,(H,30,31). The molecule has 0 spiro atoms. The summed E-state index contributed by atoms with van der Waals surface area (Å²) in [6, 6.07) is 14.2. The van der Waals surface area contributed by atoms with Crippen LogP contribution in [0.3, 0.4) is 0 Å². The number of carbonyl (C=O) groups is 1. The van der Waals surface area contributed by atoms with E-state index in [1.807, 2.05) is 18.2 Å². The van der Waals surface area contributed by atoms with Crippen molar-refractivity contribution in [2.24, 2.45) is 0 Å². The minimum Gasteiger partial charge on any atom is -0.380 e. The van der Waals surface area contributed by atoms with E-state index in [0.29, 0.717) is 12.1 Å². The van der Waals surface area contributed by atoms with Crippen molar-refractivity contribution < 1.29 is 9.18 Å². The normalized spacial score (nSPS) is 13.2. The van der Waals surface area contributed by atoms with Crippen molar-refractivity contribution in [3.8, 4) is 0 Å². The molecule has 1 aromatic heterocycles. The highest BCUT2D eigenvalue weighted by Crippen LogP contribution is 2.31. The van der Waals surface area contributed by atoms with Crippen LogP contribution >= 0.6 is 11.6 Å². The third kappa shape index (κ3) is 5.21. The number of hydrogen-bond acceptors (Lipinski definition) is 4. The van der Waals surface area contributed by atoms with E-state index in [4.69, 9.17) is 11.6 Å². The Labute approximate surface area is 186 Å². The number of benzene rings is 2. The van der Waals surface area contributed by atoms with Crippen molar-refractivity contribution in [1.29, 1.82) is 0 Å². The van der Waals surface area contributed by atoms with E-state index in [9.17, 15) is 9.18 Å². The van der Waals surface area contributed by atoms with Crippen LogP contribution in [0.4, 0.5) is 10.1 Å². The number of aromatic nitrogens is 1. The van der Waals surface area contributed by atoms with Crippen molar-refractivity contribution in [1.82, 2.24) is 15.6 Å². The molecule has 0 saturated heterocycles. The maximum absolute atomic E-state index is 13.6. The van der Waals surface area contributed by atoms with E-state index in [1.54, 1.807) is 12.1 Å². The molecule has 1 amide bonds. The molecule has 7 heteroatoms. The topological polar surface area (TPSA) is 66.0 Å². The van der Waals surface area contributed by atoms with E-state index in [0.717, 1.165) is 42.2 Å². The molecule has 2 aromatic carbocycles. The summed E-state index contributed by atoms with van der Waals surface area (Å²) in [6.45, 7) is 2.56. The number of halogens is 2. The summed E-state index contributed by atoms with van der Waals surface area (Å²) in [5.41, 5.74) is 5.35. The van der Waals surface area contributed by atoms with Crippen molar-refractivity contribution in [3.63, 3.8) is 0 Å². The molecule has 0 atom stereocenters. The average molecular weight is 439 g/mol. The average Bonchev–Trinajstić information content (AvgIpc) is 3.04. The first-order chi connectivity index (χ1) is 15.1. The molecule has 31 heavy (non-hydrogen) atoms. The van der Waals surface area contributed by atoms with Gasteiger partial charge in [0.1, 0.15) is 5.82 Å². The van der Waals surface area contributed by atoms with E-state index < -0.39 is 5.82 Å². The monoisotopic (exact) mass is 438 g/mol. The van der Waals surface area contributed by atoms with Crippen LogP contribution in [0.1, 0.15) is 32.7 Å². The predicted octanol–water partition coefficient (Wildman–Crippen LogP) is 4.10. The molecule has 3 aromatic rings. The molecular weight excluding hydrogens is 415 g/mol. The second-order valence-electron chi connectivity index (χ2n) is 7.48. The number of anilines is 1. The Bertz CT molecular complexity index is 1070. The molecule has 160 valence electrons. The Balaban J connectivity index is 1.38. The van der Waals surface area contributed by atoms with Gasteiger partial charge in [-0.1, -0.05) is 29.8 Å². The molecule has 3 N–H and O–H groups in total. The quantitative estimate of drug-likeness (QED) is 0.542. The molecule has 0 unspecified atom stereocenters. The molecule has 1 aliphatic rings. The highest BCUT2D eigenvalue weighted by Gasteiger charge is 2.15. The smallest absolute Gasteiger partial charge is 0.251 e. The van der Waals surface area contributed by atoms with Crippen molar-refractivity contribution >= 4 is 23.2 Å². The molecule has 5 nitrogen and oxygen atoms in total. The second-order valence-corrected chi connectivity index (χ2v) is 7.88. The highest BCUT2D eigenvalue weighted by molar-refractivity contribution is 6.33. The summed E-state index contributed by atoms with van der Waals surface area (Å²) in [5, 5.41) is 10.3. The van der Waals surface area contributed by atoms with Crippen LogP contribution < -0.4 is 16.0 Å². The number of nitrogens with zero attached hydrogens (tertiary/aromatic N) is 1. The van der Waals surface area contributed by atoms with E-state index in [-0.39, 0.29) is 18.1 Å². The number of fused-ring (bicyclic) bond motifs is 1. The van der Waals surface area contributed by atoms with Gasteiger partial charge < -0.3 is 16.0 Å². The summed E-state index contributed by atoms with van der Waals surface area (Å²) >= 11 is 6.48. The van der Waals surface area contributed by atoms with Crippen LogP contribution in [0, 0.1) is 5.82 Å². The van der Waals surface area contributed by atoms with Gasteiger partial charge in [0.25, 0.3) is 5.91 Å². The first-order valence-corrected chi connectivity index (χ1v) is 10.7. The van der Waals surface area contributed by atoms with Gasteiger partial charge in [0.05, 0.1) is 22.9 Å². The Morgan fingerprint density at radius 1 is 1.06 bits per heavy atom. The predicted molar refractivity (Wildman–Crippen MR) is 121 cm³/mol. The fourth-order valence-corrected chi connectivity index (χ4v) is 3.96. The zero-order valence-corrected chi connectivity index (χ0v) is 17.8. The van der Waals surface area contributed by atoms with Gasteiger partial charge in [-0.05, 0) is 73.0 Å². The number of nitrogens with one attached hydrogen (secondary N) is 3. The van der Waals surface area contributed by atoms with E-state index >= 15 is 0 Å². The van der Waals surface area contributed by atoms with Gasteiger partial charge in [-0.3, -0.25) is 9.78 Å². The van der Waals surface area contributed by atoms with Gasteiger partial charge in [-0.15, -0.1) is 0 Å². The SMILES string of the molecule is O=C(NCc1ncccc1F)c1ccc(CNc2c(Cl)ccc3c2CCNCC3)cc1. The van der Waals surface area contributed by atoms with Crippen molar-refractivity contribution in [2.75, 3.05) is 18.4 Å². The van der Waals surface area contributed by atoms with Gasteiger partial charge in [0.15, 0.2) is 0 Å². The molecule has 0 aliphatic carbocycles. The number of hydrogen-bond donors (Lipinski definition) is 3. The van der Waals surface area contributed by atoms with E-state index in [2.05, 4.69) is 27.0 Å². The third-order valence-corrected chi connectivity index (χ3v) is 5.73.